The van der Waals surface area contributed by atoms with E-state index in [0.717, 1.165) is 51.3 Å². The van der Waals surface area contributed by atoms with Crippen molar-refractivity contribution in [2.45, 2.75) is 31.7 Å². The summed E-state index contributed by atoms with van der Waals surface area (Å²) in [6.45, 7) is 6.29. The molecule has 2 amide bonds. The van der Waals surface area contributed by atoms with Gasteiger partial charge in [-0.1, -0.05) is 0 Å². The van der Waals surface area contributed by atoms with E-state index in [4.69, 9.17) is 4.74 Å². The molecule has 0 N–H and O–H groups in total. The molecule has 3 aliphatic rings. The Hall–Kier alpha value is -1.93. The number of rotatable bonds is 5. The van der Waals surface area contributed by atoms with Crippen LogP contribution in [0.15, 0.2) is 12.4 Å². The highest BCUT2D eigenvalue weighted by Gasteiger charge is 2.28. The van der Waals surface area contributed by atoms with Crippen molar-refractivity contribution in [3.63, 3.8) is 0 Å². The Morgan fingerprint density at radius 3 is 2.85 bits per heavy atom. The number of carbonyl (C=O) groups excluding carboxylic acids is 2. The Labute approximate surface area is 153 Å². The average molecular weight is 361 g/mol. The minimum atomic E-state index is 0.198. The summed E-state index contributed by atoms with van der Waals surface area (Å²) >= 11 is 0. The molecule has 4 rings (SSSR count). The van der Waals surface area contributed by atoms with Crippen LogP contribution in [-0.4, -0.2) is 83.9 Å². The number of likely N-dealkylation sites (tertiary alicyclic amines) is 1. The monoisotopic (exact) mass is 361 g/mol. The van der Waals surface area contributed by atoms with Crippen molar-refractivity contribution < 1.29 is 14.3 Å². The van der Waals surface area contributed by atoms with Gasteiger partial charge in [0.05, 0.1) is 37.6 Å². The highest BCUT2D eigenvalue weighted by molar-refractivity contribution is 5.95. The normalized spacial score (nSPS) is 25.3. The van der Waals surface area contributed by atoms with E-state index >= 15 is 0 Å². The zero-order chi connectivity index (χ0) is 17.9. The van der Waals surface area contributed by atoms with E-state index in [2.05, 4.69) is 10.00 Å². The number of hydrogen-bond acceptors (Lipinski definition) is 5. The third-order valence-electron chi connectivity index (χ3n) is 5.60. The van der Waals surface area contributed by atoms with E-state index in [9.17, 15) is 9.59 Å². The minimum Gasteiger partial charge on any atom is -0.379 e. The largest absolute Gasteiger partial charge is 0.379 e. The SMILES string of the molecule is O=C1CCOCCN1CCN1CCC(n2cc(N3CCCC3=O)cn2)C1. The first kappa shape index (κ1) is 17.5. The van der Waals surface area contributed by atoms with Gasteiger partial charge in [-0.15, -0.1) is 0 Å². The molecule has 0 aliphatic carbocycles. The maximum atomic E-state index is 12.0. The summed E-state index contributed by atoms with van der Waals surface area (Å²) in [5, 5.41) is 4.50. The van der Waals surface area contributed by atoms with Crippen LogP contribution < -0.4 is 4.90 Å². The van der Waals surface area contributed by atoms with Crippen molar-refractivity contribution in [3.05, 3.63) is 12.4 Å². The van der Waals surface area contributed by atoms with Gasteiger partial charge in [0.1, 0.15) is 0 Å². The van der Waals surface area contributed by atoms with E-state index in [1.807, 2.05) is 26.9 Å². The van der Waals surface area contributed by atoms with Gasteiger partial charge in [-0.05, 0) is 12.8 Å². The van der Waals surface area contributed by atoms with Crippen LogP contribution in [0.5, 0.6) is 0 Å². The van der Waals surface area contributed by atoms with Crippen LogP contribution in [0.1, 0.15) is 31.7 Å². The minimum absolute atomic E-state index is 0.198. The third-order valence-corrected chi connectivity index (χ3v) is 5.60. The smallest absolute Gasteiger partial charge is 0.227 e. The molecule has 1 unspecified atom stereocenters. The van der Waals surface area contributed by atoms with Crippen LogP contribution in [0.2, 0.25) is 0 Å². The molecular weight excluding hydrogens is 334 g/mol. The van der Waals surface area contributed by atoms with Crippen LogP contribution in [0.4, 0.5) is 5.69 Å². The van der Waals surface area contributed by atoms with Gasteiger partial charge in [0.25, 0.3) is 0 Å². The van der Waals surface area contributed by atoms with Gasteiger partial charge in [0, 0.05) is 51.9 Å². The number of ether oxygens (including phenoxy) is 1. The molecule has 1 aromatic heterocycles. The maximum absolute atomic E-state index is 12.0. The highest BCUT2D eigenvalue weighted by atomic mass is 16.5. The summed E-state index contributed by atoms with van der Waals surface area (Å²) in [4.78, 5) is 30.1. The Morgan fingerprint density at radius 1 is 1.08 bits per heavy atom. The fraction of sp³-hybridized carbons (Fsp3) is 0.722. The molecule has 3 fully saturated rings. The highest BCUT2D eigenvalue weighted by Crippen LogP contribution is 2.25. The first-order valence-electron chi connectivity index (χ1n) is 9.63. The molecule has 3 aliphatic heterocycles. The van der Waals surface area contributed by atoms with E-state index in [1.165, 1.54) is 0 Å². The molecule has 8 nitrogen and oxygen atoms in total. The second kappa shape index (κ2) is 7.75. The molecule has 4 heterocycles. The standard InChI is InChI=1S/C18H27N5O3/c24-17-4-10-26-11-9-21(17)8-7-20-6-3-15(13-20)23-14-16(12-19-23)22-5-1-2-18(22)25/h12,14-15H,1-11,13H2. The molecule has 1 atom stereocenters. The first-order valence-corrected chi connectivity index (χ1v) is 9.63. The molecule has 0 spiro atoms. The van der Waals surface area contributed by atoms with Crippen molar-refractivity contribution in [2.24, 2.45) is 0 Å². The van der Waals surface area contributed by atoms with Gasteiger partial charge in [-0.3, -0.25) is 19.2 Å². The van der Waals surface area contributed by atoms with Crippen LogP contribution >= 0.6 is 0 Å². The van der Waals surface area contributed by atoms with Gasteiger partial charge in [-0.2, -0.15) is 5.10 Å². The Kier molecular flexibility index (Phi) is 5.21. The molecule has 1 aromatic rings. The number of nitrogens with zero attached hydrogens (tertiary/aromatic N) is 5. The van der Waals surface area contributed by atoms with Crippen molar-refractivity contribution >= 4 is 17.5 Å². The lowest BCUT2D eigenvalue weighted by Crippen LogP contribution is -2.38. The van der Waals surface area contributed by atoms with Crippen LogP contribution in [0, 0.1) is 0 Å². The van der Waals surface area contributed by atoms with Gasteiger partial charge in [0.15, 0.2) is 0 Å². The van der Waals surface area contributed by atoms with Crippen LogP contribution in [-0.2, 0) is 14.3 Å². The van der Waals surface area contributed by atoms with Crippen LogP contribution in [0.25, 0.3) is 0 Å². The van der Waals surface area contributed by atoms with Gasteiger partial charge >= 0.3 is 0 Å². The second-order valence-corrected chi connectivity index (χ2v) is 7.31. The topological polar surface area (TPSA) is 70.9 Å². The number of amides is 2. The van der Waals surface area contributed by atoms with Crippen LogP contribution in [0.3, 0.4) is 0 Å². The molecule has 0 bridgehead atoms. The molecule has 0 aromatic carbocycles. The lowest BCUT2D eigenvalue weighted by Gasteiger charge is -2.23. The lowest BCUT2D eigenvalue weighted by molar-refractivity contribution is -0.130. The number of carbonyl (C=O) groups is 2. The zero-order valence-electron chi connectivity index (χ0n) is 15.2. The average Bonchev–Trinajstić information content (AvgIpc) is 3.34. The quantitative estimate of drug-likeness (QED) is 0.764. The Balaban J connectivity index is 1.29. The molecule has 3 saturated heterocycles. The Bertz CT molecular complexity index is 661. The fourth-order valence-corrected chi connectivity index (χ4v) is 4.04. The molecule has 0 saturated carbocycles. The van der Waals surface area contributed by atoms with E-state index in [-0.39, 0.29) is 11.8 Å². The number of anilines is 1. The van der Waals surface area contributed by atoms with Gasteiger partial charge in [-0.25, -0.2) is 0 Å². The summed E-state index contributed by atoms with van der Waals surface area (Å²) in [5.74, 6) is 0.397. The van der Waals surface area contributed by atoms with Crippen molar-refractivity contribution in [2.75, 3.05) is 57.4 Å². The molecule has 142 valence electrons. The fourth-order valence-electron chi connectivity index (χ4n) is 4.04. The second-order valence-electron chi connectivity index (χ2n) is 7.31. The summed E-state index contributed by atoms with van der Waals surface area (Å²) in [5.41, 5.74) is 0.918. The molecular formula is C18H27N5O3. The van der Waals surface area contributed by atoms with Crippen molar-refractivity contribution in [3.8, 4) is 0 Å². The number of aromatic nitrogens is 2. The third kappa shape index (κ3) is 3.76. The van der Waals surface area contributed by atoms with Crippen molar-refractivity contribution in [1.82, 2.24) is 19.6 Å². The Morgan fingerprint density at radius 2 is 2.00 bits per heavy atom. The number of hydrogen-bond donors (Lipinski definition) is 0. The predicted octanol–water partition coefficient (Wildman–Crippen LogP) is 0.506. The van der Waals surface area contributed by atoms with Crippen molar-refractivity contribution in [1.29, 1.82) is 0 Å². The molecule has 8 heteroatoms. The summed E-state index contributed by atoms with van der Waals surface area (Å²) < 4.78 is 7.38. The van der Waals surface area contributed by atoms with Gasteiger partial charge < -0.3 is 14.5 Å². The van der Waals surface area contributed by atoms with E-state index in [1.54, 1.807) is 0 Å². The van der Waals surface area contributed by atoms with E-state index in [0.29, 0.717) is 38.6 Å². The lowest BCUT2D eigenvalue weighted by atomic mass is 10.3. The summed E-state index contributed by atoms with van der Waals surface area (Å²) in [6, 6.07) is 0.338. The van der Waals surface area contributed by atoms with E-state index < -0.39 is 0 Å². The summed E-state index contributed by atoms with van der Waals surface area (Å²) in [6.07, 6.45) is 6.93. The molecule has 0 radical (unpaired) electrons. The first-order chi connectivity index (χ1) is 12.7. The summed E-state index contributed by atoms with van der Waals surface area (Å²) in [7, 11) is 0. The maximum Gasteiger partial charge on any atom is 0.227 e. The van der Waals surface area contributed by atoms with Gasteiger partial charge in [0.2, 0.25) is 11.8 Å². The zero-order valence-corrected chi connectivity index (χ0v) is 15.2. The molecule has 26 heavy (non-hydrogen) atoms. The predicted molar refractivity (Wildman–Crippen MR) is 95.9 cm³/mol.